The molecule has 3 saturated carbocycles. The molecule has 8 amide bonds. The molecular weight excluding hydrogens is 1130 g/mol. The molecule has 0 aromatic rings. The molecule has 19 heteroatoms. The topological polar surface area (TPSA) is 249 Å². The maximum Gasteiger partial charge on any atom is 0.407 e. The summed E-state index contributed by atoms with van der Waals surface area (Å²) in [6, 6.07) is -1.04. The summed E-state index contributed by atoms with van der Waals surface area (Å²) in [5, 5.41) is 16.7. The molecule has 1 unspecified atom stereocenters. The van der Waals surface area contributed by atoms with Crippen LogP contribution in [0.3, 0.4) is 0 Å². The lowest BCUT2D eigenvalue weighted by Gasteiger charge is -2.58. The summed E-state index contributed by atoms with van der Waals surface area (Å²) in [5.74, 6) is 2.09. The predicted molar refractivity (Wildman–Crippen MR) is 347 cm³/mol. The van der Waals surface area contributed by atoms with Crippen molar-refractivity contribution in [2.24, 2.45) is 52.3 Å². The number of likely N-dealkylation sites (tertiary alicyclic amines) is 1. The number of allylic oxidation sites excluding steroid dienone is 1. The first-order valence-electron chi connectivity index (χ1n) is 35.4. The van der Waals surface area contributed by atoms with Crippen LogP contribution in [0.4, 0.5) is 4.79 Å². The smallest absolute Gasteiger partial charge is 0.407 e. The van der Waals surface area contributed by atoms with Crippen molar-refractivity contribution in [1.29, 1.82) is 0 Å². The second-order valence-electron chi connectivity index (χ2n) is 27.8. The van der Waals surface area contributed by atoms with Crippen LogP contribution in [-0.2, 0) is 52.5 Å². The molecular formula is C70H121N7O12. The highest BCUT2D eigenvalue weighted by Gasteiger charge is 2.59. The fourth-order valence-corrected chi connectivity index (χ4v) is 15.5. The van der Waals surface area contributed by atoms with E-state index in [1.807, 2.05) is 0 Å². The van der Waals surface area contributed by atoms with Crippen LogP contribution in [0.2, 0.25) is 0 Å². The second-order valence-corrected chi connectivity index (χ2v) is 27.8. The van der Waals surface area contributed by atoms with E-state index in [2.05, 4.69) is 79.5 Å². The first-order valence-corrected chi connectivity index (χ1v) is 35.4. The Bertz CT molecular complexity index is 2210. The van der Waals surface area contributed by atoms with Crippen molar-refractivity contribution in [2.75, 3.05) is 78.9 Å². The lowest BCUT2D eigenvalue weighted by Crippen LogP contribution is -2.51. The second kappa shape index (κ2) is 41.1. The summed E-state index contributed by atoms with van der Waals surface area (Å²) in [5.41, 5.74) is 2.09. The lowest BCUT2D eigenvalue weighted by molar-refractivity contribution is -0.139. The van der Waals surface area contributed by atoms with Gasteiger partial charge in [-0.1, -0.05) is 156 Å². The summed E-state index contributed by atoms with van der Waals surface area (Å²) in [4.78, 5) is 102. The number of amides is 8. The van der Waals surface area contributed by atoms with Crippen molar-refractivity contribution >= 4 is 47.4 Å². The van der Waals surface area contributed by atoms with Gasteiger partial charge in [0, 0.05) is 83.7 Å². The fourth-order valence-electron chi connectivity index (χ4n) is 15.5. The predicted octanol–water partition coefficient (Wildman–Crippen LogP) is 10.6. The van der Waals surface area contributed by atoms with Gasteiger partial charge in [0.1, 0.15) is 12.1 Å². The molecule has 19 nitrogen and oxygen atoms in total. The Labute approximate surface area is 535 Å². The molecule has 5 rings (SSSR count). The normalized spacial score (nSPS) is 24.4. The van der Waals surface area contributed by atoms with Gasteiger partial charge in [0.05, 0.1) is 39.6 Å². The molecule has 89 heavy (non-hydrogen) atoms. The standard InChI is InChI=1S/C70H121N7O12/c1-8-9-10-11-12-13-14-15-16-17-18-19-20-24-61(78)71-38-45-87-46-39-72-62(79)30-29-60(76-64(81)34-43-86-44-37-73-63(80)33-42-77-65(82)49-53(5)67(77)84)66(83)74-40-47-88-48-41-75-68(85)89-55-31-35-69(6)54(50-55)25-26-56-58-28-27-57(52(4)23-21-22-51(2)3)70(58,7)36-32-59(56)69/h25,51-53,55-60H,8-24,26-50H2,1-7H3,(H,71,78)(H,72,79)(H,73,80)(H,74,83)(H,75,85)(H,76,81)/t52-,53?,55+,56+,57-,58+,59+,60+,69+,70-/m1/s1. The number of ether oxygens (including phenoxy) is 4. The van der Waals surface area contributed by atoms with E-state index in [-0.39, 0.29) is 145 Å². The average Bonchev–Trinajstić information content (AvgIpc) is 1.71. The maximum atomic E-state index is 13.5. The number of rotatable bonds is 46. The maximum absolute atomic E-state index is 13.5. The van der Waals surface area contributed by atoms with Gasteiger partial charge >= 0.3 is 6.09 Å². The van der Waals surface area contributed by atoms with E-state index in [0.717, 1.165) is 79.4 Å². The van der Waals surface area contributed by atoms with Gasteiger partial charge in [0.15, 0.2) is 0 Å². The van der Waals surface area contributed by atoms with E-state index >= 15 is 0 Å². The third-order valence-electron chi connectivity index (χ3n) is 20.6. The fraction of sp³-hybridized carbons (Fsp3) is 0.857. The minimum absolute atomic E-state index is 0.00158. The van der Waals surface area contributed by atoms with Gasteiger partial charge in [0.2, 0.25) is 41.4 Å². The molecule has 4 fully saturated rings. The summed E-state index contributed by atoms with van der Waals surface area (Å²) in [7, 11) is 0. The van der Waals surface area contributed by atoms with Gasteiger partial charge in [-0.15, -0.1) is 0 Å². The largest absolute Gasteiger partial charge is 0.446 e. The van der Waals surface area contributed by atoms with Crippen LogP contribution in [0.15, 0.2) is 11.6 Å². The number of alkyl carbamates (subject to hydrolysis) is 1. The van der Waals surface area contributed by atoms with Gasteiger partial charge in [-0.05, 0) is 104 Å². The Morgan fingerprint density at radius 2 is 1.16 bits per heavy atom. The number of carbonyl (C=O) groups is 8. The summed E-state index contributed by atoms with van der Waals surface area (Å²) in [6.45, 7) is 18.4. The molecule has 508 valence electrons. The van der Waals surface area contributed by atoms with Crippen molar-refractivity contribution in [3.8, 4) is 0 Å². The van der Waals surface area contributed by atoms with E-state index in [4.69, 9.17) is 18.9 Å². The third kappa shape index (κ3) is 26.1. The molecule has 1 heterocycles. The van der Waals surface area contributed by atoms with Crippen molar-refractivity contribution in [1.82, 2.24) is 36.8 Å². The highest BCUT2D eigenvalue weighted by Crippen LogP contribution is 2.67. The lowest BCUT2D eigenvalue weighted by atomic mass is 9.47. The Hall–Kier alpha value is -4.62. The van der Waals surface area contributed by atoms with Gasteiger partial charge in [-0.2, -0.15) is 0 Å². The van der Waals surface area contributed by atoms with Crippen molar-refractivity contribution in [2.45, 2.75) is 253 Å². The van der Waals surface area contributed by atoms with Gasteiger partial charge in [0.25, 0.3) is 0 Å². The van der Waals surface area contributed by atoms with Crippen LogP contribution in [0.1, 0.15) is 241 Å². The first kappa shape index (κ1) is 75.1. The number of nitrogens with zero attached hydrogens (tertiary/aromatic N) is 1. The van der Waals surface area contributed by atoms with Crippen molar-refractivity contribution in [3.63, 3.8) is 0 Å². The third-order valence-corrected chi connectivity index (χ3v) is 20.6. The molecule has 0 spiro atoms. The zero-order chi connectivity index (χ0) is 64.4. The molecule has 6 N–H and O–H groups in total. The molecule has 0 aromatic heterocycles. The molecule has 10 atom stereocenters. The Kier molecular flexibility index (Phi) is 34.7. The number of unbranched alkanes of at least 4 members (excludes halogenated alkanes) is 12. The average molecular weight is 1250 g/mol. The molecule has 1 saturated heterocycles. The van der Waals surface area contributed by atoms with Crippen LogP contribution < -0.4 is 31.9 Å². The summed E-state index contributed by atoms with van der Waals surface area (Å²) < 4.78 is 22.9. The Balaban J connectivity index is 0.945. The minimum Gasteiger partial charge on any atom is -0.446 e. The first-order chi connectivity index (χ1) is 42.9. The van der Waals surface area contributed by atoms with E-state index < -0.39 is 23.9 Å². The van der Waals surface area contributed by atoms with Crippen molar-refractivity contribution in [3.05, 3.63) is 11.6 Å². The highest BCUT2D eigenvalue weighted by molar-refractivity contribution is 6.03. The Morgan fingerprint density at radius 1 is 0.584 bits per heavy atom. The number of nitrogens with one attached hydrogen (secondary N) is 6. The number of carbonyl (C=O) groups excluding carboxylic acids is 8. The van der Waals surface area contributed by atoms with Crippen LogP contribution in [0.5, 0.6) is 0 Å². The molecule has 5 aliphatic rings. The monoisotopic (exact) mass is 1250 g/mol. The van der Waals surface area contributed by atoms with Gasteiger partial charge in [-0.3, -0.25) is 38.5 Å². The minimum atomic E-state index is -1.04. The SMILES string of the molecule is CCCCCCCCCCCCCCCC(=O)NCCOCCNC(=O)CC[C@H](NC(=O)CCOCCNC(=O)CCN1C(=O)CC(C)C1=O)C(=O)NCCOCCNC(=O)O[C@H]1CC[C@@]2(C)C(=CC[C@H]3[C@@H]4CC[C@H]([C@H](C)CCCC(C)C)[C@@]4(C)CC[C@@H]32)C1. The quantitative estimate of drug-likeness (QED) is 0.0189. The van der Waals surface area contributed by atoms with Gasteiger partial charge < -0.3 is 50.8 Å². The zero-order valence-corrected chi connectivity index (χ0v) is 56.3. The molecule has 1 aliphatic heterocycles. The van der Waals surface area contributed by atoms with E-state index in [1.165, 1.54) is 115 Å². The molecule has 0 radical (unpaired) electrons. The van der Waals surface area contributed by atoms with Crippen molar-refractivity contribution < 1.29 is 57.3 Å². The van der Waals surface area contributed by atoms with E-state index in [0.29, 0.717) is 30.9 Å². The molecule has 0 aromatic carbocycles. The van der Waals surface area contributed by atoms with Crippen LogP contribution in [0.25, 0.3) is 0 Å². The van der Waals surface area contributed by atoms with Crippen LogP contribution in [0, 0.1) is 52.3 Å². The zero-order valence-electron chi connectivity index (χ0n) is 56.3. The number of hydrogen-bond donors (Lipinski definition) is 6. The summed E-state index contributed by atoms with van der Waals surface area (Å²) in [6.07, 6.45) is 32.0. The van der Waals surface area contributed by atoms with Gasteiger partial charge in [-0.25, -0.2) is 4.79 Å². The highest BCUT2D eigenvalue weighted by atomic mass is 16.6. The Morgan fingerprint density at radius 3 is 1.76 bits per heavy atom. The van der Waals surface area contributed by atoms with E-state index in [1.54, 1.807) is 6.92 Å². The summed E-state index contributed by atoms with van der Waals surface area (Å²) >= 11 is 0. The van der Waals surface area contributed by atoms with Crippen LogP contribution in [-0.4, -0.2) is 143 Å². The van der Waals surface area contributed by atoms with Crippen LogP contribution >= 0.6 is 0 Å². The number of imide groups is 1. The van der Waals surface area contributed by atoms with E-state index in [9.17, 15) is 38.4 Å². The molecule has 0 bridgehead atoms. The molecule has 4 aliphatic carbocycles. The number of hydrogen-bond acceptors (Lipinski definition) is 12. The number of fused-ring (bicyclic) bond motifs is 5.